The van der Waals surface area contributed by atoms with Crippen molar-refractivity contribution >= 4 is 21.6 Å². The van der Waals surface area contributed by atoms with E-state index >= 15 is 0 Å². The van der Waals surface area contributed by atoms with Gasteiger partial charge in [-0.2, -0.15) is 4.31 Å². The van der Waals surface area contributed by atoms with Crippen LogP contribution in [-0.2, 0) is 16.6 Å². The van der Waals surface area contributed by atoms with E-state index in [1.165, 1.54) is 46.8 Å². The molecule has 1 aliphatic rings. The van der Waals surface area contributed by atoms with Crippen LogP contribution in [0.3, 0.4) is 0 Å². The van der Waals surface area contributed by atoms with Crippen molar-refractivity contribution in [3.8, 4) is 5.75 Å². The molecular formula is C24H25FN2O5S. The van der Waals surface area contributed by atoms with Gasteiger partial charge in [0.1, 0.15) is 23.9 Å². The van der Waals surface area contributed by atoms with Crippen LogP contribution >= 0.6 is 0 Å². The van der Waals surface area contributed by atoms with Crippen LogP contribution in [0.2, 0.25) is 0 Å². The first-order valence-electron chi connectivity index (χ1n) is 10.8. The molecule has 0 saturated carbocycles. The maximum Gasteiger partial charge on any atom is 0.291 e. The molecule has 2 aromatic carbocycles. The molecule has 3 aromatic rings. The minimum absolute atomic E-state index is 0.0853. The number of sulfonamides is 1. The molecule has 1 N–H and O–H groups in total. The molecular weight excluding hydrogens is 447 g/mol. The minimum atomic E-state index is -3.54. The molecule has 0 bridgehead atoms. The predicted molar refractivity (Wildman–Crippen MR) is 121 cm³/mol. The number of hydrogen-bond donors (Lipinski definition) is 1. The number of halogens is 1. The standard InChI is InChI=1S/C24H25FN2O5S/c25-18-5-9-20(10-6-18)31-17-21-11-14-23(32-21)24(28)26-19-7-12-22(13-8-19)33(29,30)27-15-3-1-2-4-16-27/h5-14H,1-4,15-17H2,(H,26,28). The quantitative estimate of drug-likeness (QED) is 0.533. The second-order valence-corrected chi connectivity index (χ2v) is 9.74. The van der Waals surface area contributed by atoms with Crippen molar-refractivity contribution in [1.29, 1.82) is 0 Å². The van der Waals surface area contributed by atoms with E-state index in [0.29, 0.717) is 30.3 Å². The van der Waals surface area contributed by atoms with Crippen LogP contribution in [0.5, 0.6) is 5.75 Å². The molecule has 4 rings (SSSR count). The first-order valence-corrected chi connectivity index (χ1v) is 12.2. The number of hydrogen-bond acceptors (Lipinski definition) is 5. The van der Waals surface area contributed by atoms with Crippen LogP contribution in [0.1, 0.15) is 42.0 Å². The Bertz CT molecular complexity index is 1180. The van der Waals surface area contributed by atoms with Gasteiger partial charge >= 0.3 is 0 Å². The summed E-state index contributed by atoms with van der Waals surface area (Å²) in [5.41, 5.74) is 0.454. The number of ether oxygens (including phenoxy) is 1. The van der Waals surface area contributed by atoms with Gasteiger partial charge in [-0.1, -0.05) is 12.8 Å². The molecule has 0 unspecified atom stereocenters. The van der Waals surface area contributed by atoms with E-state index < -0.39 is 15.9 Å². The summed E-state index contributed by atoms with van der Waals surface area (Å²) in [6.07, 6.45) is 3.83. The maximum atomic E-state index is 13.0. The highest BCUT2D eigenvalue weighted by Gasteiger charge is 2.25. The molecule has 1 fully saturated rings. The average molecular weight is 473 g/mol. The summed E-state index contributed by atoms with van der Waals surface area (Å²) in [7, 11) is -3.54. The Balaban J connectivity index is 1.35. The number of furan rings is 1. The van der Waals surface area contributed by atoms with Crippen molar-refractivity contribution in [3.63, 3.8) is 0 Å². The molecule has 174 valence electrons. The van der Waals surface area contributed by atoms with E-state index in [1.54, 1.807) is 18.2 Å². The largest absolute Gasteiger partial charge is 0.486 e. The Morgan fingerprint density at radius 1 is 0.939 bits per heavy atom. The van der Waals surface area contributed by atoms with Crippen molar-refractivity contribution < 1.29 is 26.8 Å². The fourth-order valence-corrected chi connectivity index (χ4v) is 5.11. The lowest BCUT2D eigenvalue weighted by Crippen LogP contribution is -2.31. The number of nitrogens with one attached hydrogen (secondary N) is 1. The molecule has 1 saturated heterocycles. The fourth-order valence-electron chi connectivity index (χ4n) is 3.60. The summed E-state index contributed by atoms with van der Waals surface area (Å²) in [5, 5.41) is 2.70. The normalized spacial score (nSPS) is 15.1. The molecule has 0 aliphatic carbocycles. The van der Waals surface area contributed by atoms with Crippen LogP contribution in [0.4, 0.5) is 10.1 Å². The highest BCUT2D eigenvalue weighted by molar-refractivity contribution is 7.89. The molecule has 0 radical (unpaired) electrons. The third kappa shape index (κ3) is 5.80. The van der Waals surface area contributed by atoms with E-state index in [2.05, 4.69) is 5.32 Å². The van der Waals surface area contributed by atoms with Gasteiger partial charge in [0.05, 0.1) is 4.90 Å². The fraction of sp³-hybridized carbons (Fsp3) is 0.292. The molecule has 1 aliphatic heterocycles. The number of amides is 1. The van der Waals surface area contributed by atoms with Crippen LogP contribution < -0.4 is 10.1 Å². The number of carbonyl (C=O) groups excluding carboxylic acids is 1. The average Bonchev–Trinajstić information content (AvgIpc) is 3.11. The third-order valence-electron chi connectivity index (χ3n) is 5.40. The number of nitrogens with zero attached hydrogens (tertiary/aromatic N) is 1. The minimum Gasteiger partial charge on any atom is -0.486 e. The SMILES string of the molecule is O=C(Nc1ccc(S(=O)(=O)N2CCCCCC2)cc1)c1ccc(COc2ccc(F)cc2)o1. The number of benzene rings is 2. The van der Waals surface area contributed by atoms with Crippen molar-refractivity contribution in [2.75, 3.05) is 18.4 Å². The van der Waals surface area contributed by atoms with E-state index in [9.17, 15) is 17.6 Å². The van der Waals surface area contributed by atoms with Crippen LogP contribution in [-0.4, -0.2) is 31.7 Å². The van der Waals surface area contributed by atoms with Crippen LogP contribution in [0.15, 0.2) is 70.0 Å². The van der Waals surface area contributed by atoms with E-state index in [1.807, 2.05) is 0 Å². The lowest BCUT2D eigenvalue weighted by atomic mass is 10.2. The third-order valence-corrected chi connectivity index (χ3v) is 7.31. The van der Waals surface area contributed by atoms with Gasteiger partial charge in [0, 0.05) is 18.8 Å². The van der Waals surface area contributed by atoms with Crippen LogP contribution in [0, 0.1) is 5.82 Å². The first-order chi connectivity index (χ1) is 15.9. The Hall–Kier alpha value is -3.17. The van der Waals surface area contributed by atoms with Crippen molar-refractivity contribution in [2.45, 2.75) is 37.2 Å². The maximum absolute atomic E-state index is 13.0. The smallest absolute Gasteiger partial charge is 0.291 e. The second kappa shape index (κ2) is 10.2. The zero-order chi connectivity index (χ0) is 23.3. The van der Waals surface area contributed by atoms with Crippen LogP contribution in [0.25, 0.3) is 0 Å². The van der Waals surface area contributed by atoms with E-state index in [4.69, 9.17) is 9.15 Å². The number of rotatable bonds is 7. The predicted octanol–water partition coefficient (Wildman–Crippen LogP) is 4.81. The molecule has 0 spiro atoms. The lowest BCUT2D eigenvalue weighted by molar-refractivity contribution is 0.0992. The lowest BCUT2D eigenvalue weighted by Gasteiger charge is -2.20. The van der Waals surface area contributed by atoms with Gasteiger partial charge in [-0.3, -0.25) is 4.79 Å². The molecule has 2 heterocycles. The monoisotopic (exact) mass is 472 g/mol. The summed E-state index contributed by atoms with van der Waals surface area (Å²) in [6, 6.07) is 14.9. The van der Waals surface area contributed by atoms with Gasteiger partial charge < -0.3 is 14.5 Å². The summed E-state index contributed by atoms with van der Waals surface area (Å²) in [6.45, 7) is 1.15. The topological polar surface area (TPSA) is 88.9 Å². The van der Waals surface area contributed by atoms with E-state index in [0.717, 1.165) is 25.7 Å². The molecule has 0 atom stereocenters. The summed E-state index contributed by atoms with van der Waals surface area (Å²) < 4.78 is 51.3. The summed E-state index contributed by atoms with van der Waals surface area (Å²) >= 11 is 0. The molecule has 1 aromatic heterocycles. The van der Waals surface area contributed by atoms with Gasteiger partial charge in [-0.15, -0.1) is 0 Å². The Kier molecular flexibility index (Phi) is 7.10. The van der Waals surface area contributed by atoms with Gasteiger partial charge in [0.25, 0.3) is 5.91 Å². The highest BCUT2D eigenvalue weighted by Crippen LogP contribution is 2.22. The van der Waals surface area contributed by atoms with Crippen molar-refractivity contribution in [1.82, 2.24) is 4.31 Å². The van der Waals surface area contributed by atoms with Crippen molar-refractivity contribution in [3.05, 3.63) is 78.0 Å². The second-order valence-electron chi connectivity index (χ2n) is 7.81. The summed E-state index contributed by atoms with van der Waals surface area (Å²) in [4.78, 5) is 12.7. The number of anilines is 1. The first kappa shape index (κ1) is 23.0. The van der Waals surface area contributed by atoms with Gasteiger partial charge in [0.15, 0.2) is 5.76 Å². The van der Waals surface area contributed by atoms with E-state index in [-0.39, 0.29) is 23.1 Å². The molecule has 33 heavy (non-hydrogen) atoms. The van der Waals surface area contributed by atoms with Gasteiger partial charge in [0.2, 0.25) is 10.0 Å². The molecule has 1 amide bonds. The molecule has 9 heteroatoms. The van der Waals surface area contributed by atoms with Gasteiger partial charge in [-0.05, 0) is 73.5 Å². The zero-order valence-corrected chi connectivity index (χ0v) is 18.8. The number of carbonyl (C=O) groups is 1. The summed E-state index contributed by atoms with van der Waals surface area (Å²) in [5.74, 6) is 0.185. The molecule has 7 nitrogen and oxygen atoms in total. The Labute approximate surface area is 192 Å². The highest BCUT2D eigenvalue weighted by atomic mass is 32.2. The Morgan fingerprint density at radius 2 is 1.61 bits per heavy atom. The Morgan fingerprint density at radius 3 is 2.27 bits per heavy atom. The van der Waals surface area contributed by atoms with Crippen molar-refractivity contribution in [2.24, 2.45) is 0 Å². The zero-order valence-electron chi connectivity index (χ0n) is 18.0. The van der Waals surface area contributed by atoms with Gasteiger partial charge in [-0.25, -0.2) is 12.8 Å².